The fraction of sp³-hybridized carbons (Fsp3) is 0.0588. The molecule has 0 bridgehead atoms. The second-order valence-corrected chi connectivity index (χ2v) is 5.79. The summed E-state index contributed by atoms with van der Waals surface area (Å²) < 4.78 is 10.8. The molecular formula is C17H12Cl2N2O3. The SMILES string of the molecule is COc1ccc(N=c2oc3c(Cl)cc(Cl)cc3cc2C(N)=O)cc1. The van der Waals surface area contributed by atoms with Gasteiger partial charge in [-0.3, -0.25) is 4.79 Å². The number of carbonyl (C=O) groups excluding carboxylic acids is 1. The molecule has 0 saturated carbocycles. The van der Waals surface area contributed by atoms with E-state index in [1.54, 1.807) is 49.6 Å². The number of methoxy groups -OCH3 is 1. The van der Waals surface area contributed by atoms with Gasteiger partial charge in [0.05, 0.1) is 17.8 Å². The molecule has 7 heteroatoms. The van der Waals surface area contributed by atoms with Crippen molar-refractivity contribution in [2.45, 2.75) is 0 Å². The first-order chi connectivity index (χ1) is 11.5. The molecule has 0 unspecified atom stereocenters. The molecule has 1 amide bonds. The van der Waals surface area contributed by atoms with E-state index in [2.05, 4.69) is 4.99 Å². The molecule has 0 aliphatic rings. The topological polar surface area (TPSA) is 77.8 Å². The number of nitrogens with two attached hydrogens (primary N) is 1. The van der Waals surface area contributed by atoms with Crippen LogP contribution in [0.4, 0.5) is 5.69 Å². The highest BCUT2D eigenvalue weighted by molar-refractivity contribution is 6.38. The van der Waals surface area contributed by atoms with Crippen molar-refractivity contribution in [1.29, 1.82) is 0 Å². The Hall–Kier alpha value is -2.50. The molecule has 2 aromatic carbocycles. The standard InChI is InChI=1S/C17H12Cl2N2O3/c1-23-12-4-2-11(3-5-12)21-17-13(16(20)22)7-9-6-10(18)8-14(19)15(9)24-17/h2-8H,1H3,(H2,20,22). The summed E-state index contributed by atoms with van der Waals surface area (Å²) in [5.41, 5.74) is 6.59. The predicted octanol–water partition coefficient (Wildman–Crippen LogP) is 4.08. The van der Waals surface area contributed by atoms with Crippen LogP contribution in [0, 0.1) is 0 Å². The molecule has 0 aliphatic carbocycles. The predicted molar refractivity (Wildman–Crippen MR) is 93.0 cm³/mol. The van der Waals surface area contributed by atoms with Crippen molar-refractivity contribution in [3.63, 3.8) is 0 Å². The number of benzene rings is 2. The molecule has 1 aromatic heterocycles. The largest absolute Gasteiger partial charge is 0.497 e. The highest BCUT2D eigenvalue weighted by Crippen LogP contribution is 2.27. The first-order valence-electron chi connectivity index (χ1n) is 6.89. The van der Waals surface area contributed by atoms with Crippen LogP contribution in [0.1, 0.15) is 10.4 Å². The van der Waals surface area contributed by atoms with Gasteiger partial charge in [0.25, 0.3) is 5.91 Å². The van der Waals surface area contributed by atoms with Gasteiger partial charge in [0, 0.05) is 10.4 Å². The summed E-state index contributed by atoms with van der Waals surface area (Å²) in [5.74, 6) is 0.0289. The number of halogens is 2. The number of nitrogens with zero attached hydrogens (tertiary/aromatic N) is 1. The van der Waals surface area contributed by atoms with E-state index in [4.69, 9.17) is 38.1 Å². The van der Waals surface area contributed by atoms with E-state index in [1.165, 1.54) is 0 Å². The molecule has 5 nitrogen and oxygen atoms in total. The Morgan fingerprint density at radius 2 is 1.88 bits per heavy atom. The third-order valence-corrected chi connectivity index (χ3v) is 3.83. The molecular weight excluding hydrogens is 351 g/mol. The molecule has 0 spiro atoms. The van der Waals surface area contributed by atoms with Crippen molar-refractivity contribution in [2.24, 2.45) is 10.7 Å². The summed E-state index contributed by atoms with van der Waals surface area (Å²) in [6.07, 6.45) is 0. The van der Waals surface area contributed by atoms with Gasteiger partial charge in [-0.15, -0.1) is 0 Å². The van der Waals surface area contributed by atoms with Crippen LogP contribution in [-0.4, -0.2) is 13.0 Å². The van der Waals surface area contributed by atoms with Gasteiger partial charge in [0.15, 0.2) is 5.58 Å². The van der Waals surface area contributed by atoms with Gasteiger partial charge in [-0.2, -0.15) is 0 Å². The van der Waals surface area contributed by atoms with Crippen molar-refractivity contribution < 1.29 is 13.9 Å². The minimum atomic E-state index is -0.663. The molecule has 0 atom stereocenters. The molecule has 1 heterocycles. The maximum Gasteiger partial charge on any atom is 0.254 e. The van der Waals surface area contributed by atoms with Crippen molar-refractivity contribution in [2.75, 3.05) is 7.11 Å². The maximum absolute atomic E-state index is 11.7. The van der Waals surface area contributed by atoms with Crippen LogP contribution in [0.15, 0.2) is 51.9 Å². The minimum absolute atomic E-state index is 0.0735. The first-order valence-corrected chi connectivity index (χ1v) is 7.65. The van der Waals surface area contributed by atoms with Gasteiger partial charge in [-0.25, -0.2) is 4.99 Å². The van der Waals surface area contributed by atoms with E-state index >= 15 is 0 Å². The fourth-order valence-corrected chi connectivity index (χ4v) is 2.75. The maximum atomic E-state index is 11.7. The van der Waals surface area contributed by atoms with Crippen LogP contribution < -0.4 is 16.0 Å². The molecule has 3 rings (SSSR count). The van der Waals surface area contributed by atoms with Crippen LogP contribution in [-0.2, 0) is 0 Å². The Bertz CT molecular complexity index is 995. The Balaban J connectivity index is 2.26. The Labute approximate surface area is 147 Å². The van der Waals surface area contributed by atoms with E-state index in [1.807, 2.05) is 0 Å². The molecule has 3 aromatic rings. The van der Waals surface area contributed by atoms with Crippen LogP contribution in [0.25, 0.3) is 11.0 Å². The van der Waals surface area contributed by atoms with Gasteiger partial charge in [-0.1, -0.05) is 23.2 Å². The normalized spacial score (nSPS) is 11.7. The number of hydrogen-bond acceptors (Lipinski definition) is 4. The lowest BCUT2D eigenvalue weighted by atomic mass is 10.2. The summed E-state index contributed by atoms with van der Waals surface area (Å²) in [6.45, 7) is 0. The van der Waals surface area contributed by atoms with E-state index in [-0.39, 0.29) is 11.1 Å². The molecule has 0 aliphatic heterocycles. The van der Waals surface area contributed by atoms with Crippen LogP contribution in [0.3, 0.4) is 0 Å². The molecule has 0 saturated heterocycles. The highest BCUT2D eigenvalue weighted by atomic mass is 35.5. The first kappa shape index (κ1) is 16.4. The number of hydrogen-bond donors (Lipinski definition) is 1. The lowest BCUT2D eigenvalue weighted by Gasteiger charge is -2.04. The monoisotopic (exact) mass is 362 g/mol. The lowest BCUT2D eigenvalue weighted by Crippen LogP contribution is -2.21. The zero-order valence-electron chi connectivity index (χ0n) is 12.5. The molecule has 0 radical (unpaired) electrons. The summed E-state index contributed by atoms with van der Waals surface area (Å²) in [5, 5.41) is 1.31. The quantitative estimate of drug-likeness (QED) is 0.762. The van der Waals surface area contributed by atoms with Crippen molar-refractivity contribution in [1.82, 2.24) is 0 Å². The number of fused-ring (bicyclic) bond motifs is 1. The van der Waals surface area contributed by atoms with Gasteiger partial charge in [0.1, 0.15) is 11.3 Å². The van der Waals surface area contributed by atoms with Crippen LogP contribution in [0.5, 0.6) is 5.75 Å². The fourth-order valence-electron chi connectivity index (χ4n) is 2.20. The number of rotatable bonds is 3. The number of primary amides is 1. The average molecular weight is 363 g/mol. The van der Waals surface area contributed by atoms with Crippen LogP contribution in [0.2, 0.25) is 10.0 Å². The van der Waals surface area contributed by atoms with Crippen molar-refractivity contribution in [3.05, 3.63) is 63.6 Å². The Morgan fingerprint density at radius 1 is 1.17 bits per heavy atom. The van der Waals surface area contributed by atoms with E-state index in [0.717, 1.165) is 0 Å². The second kappa shape index (κ2) is 6.55. The van der Waals surface area contributed by atoms with Gasteiger partial charge in [-0.05, 0) is 42.5 Å². The van der Waals surface area contributed by atoms with E-state index in [0.29, 0.717) is 32.5 Å². The third-order valence-electron chi connectivity index (χ3n) is 3.33. The zero-order valence-corrected chi connectivity index (χ0v) is 14.1. The second-order valence-electron chi connectivity index (χ2n) is 4.95. The van der Waals surface area contributed by atoms with Gasteiger partial charge in [0.2, 0.25) is 5.55 Å². The lowest BCUT2D eigenvalue weighted by molar-refractivity contribution is 0.0996. The molecule has 2 N–H and O–H groups in total. The number of ether oxygens (including phenoxy) is 1. The van der Waals surface area contributed by atoms with E-state index < -0.39 is 5.91 Å². The smallest absolute Gasteiger partial charge is 0.254 e. The van der Waals surface area contributed by atoms with E-state index in [9.17, 15) is 4.79 Å². The highest BCUT2D eigenvalue weighted by Gasteiger charge is 2.12. The summed E-state index contributed by atoms with van der Waals surface area (Å²) in [7, 11) is 1.57. The summed E-state index contributed by atoms with van der Waals surface area (Å²) >= 11 is 12.1. The number of amides is 1. The zero-order chi connectivity index (χ0) is 17.3. The minimum Gasteiger partial charge on any atom is -0.497 e. The number of carbonyl (C=O) groups is 1. The Morgan fingerprint density at radius 3 is 2.50 bits per heavy atom. The van der Waals surface area contributed by atoms with Gasteiger partial charge >= 0.3 is 0 Å². The third kappa shape index (κ3) is 3.22. The molecule has 24 heavy (non-hydrogen) atoms. The Kier molecular flexibility index (Phi) is 4.46. The van der Waals surface area contributed by atoms with Crippen molar-refractivity contribution in [3.8, 4) is 5.75 Å². The van der Waals surface area contributed by atoms with Gasteiger partial charge < -0.3 is 14.9 Å². The van der Waals surface area contributed by atoms with Crippen LogP contribution >= 0.6 is 23.2 Å². The summed E-state index contributed by atoms with van der Waals surface area (Å²) in [6, 6.07) is 11.7. The average Bonchev–Trinajstić information content (AvgIpc) is 2.55. The van der Waals surface area contributed by atoms with Crippen molar-refractivity contribution >= 4 is 45.8 Å². The summed E-state index contributed by atoms with van der Waals surface area (Å²) in [4.78, 5) is 16.1. The molecule has 122 valence electrons. The molecule has 0 fully saturated rings.